The predicted octanol–water partition coefficient (Wildman–Crippen LogP) is 3.14. The molecule has 1 aliphatic rings. The number of non-ortho nitro benzene ring substituents is 1. The van der Waals surface area contributed by atoms with Crippen LogP contribution in [0.4, 0.5) is 11.4 Å². The predicted molar refractivity (Wildman–Crippen MR) is 75.0 cm³/mol. The summed E-state index contributed by atoms with van der Waals surface area (Å²) < 4.78 is 0. The monoisotopic (exact) mass is 278 g/mol. The number of rotatable bonds is 4. The van der Waals surface area contributed by atoms with Crippen LogP contribution in [0, 0.1) is 20.9 Å². The Bertz CT molecular complexity index is 579. The molecule has 0 saturated heterocycles. The smallest absolute Gasteiger partial charge is 0.337 e. The van der Waals surface area contributed by atoms with Crippen LogP contribution in [0.15, 0.2) is 18.2 Å². The van der Waals surface area contributed by atoms with Gasteiger partial charge in [0.15, 0.2) is 0 Å². The average Bonchev–Trinajstić information content (AvgIpc) is 2.71. The lowest BCUT2D eigenvalue weighted by Gasteiger charge is -2.11. The third-order valence-electron chi connectivity index (χ3n) is 4.76. The Kier molecular flexibility index (Phi) is 3.00. The van der Waals surface area contributed by atoms with Gasteiger partial charge in [0.05, 0.1) is 16.2 Å². The van der Waals surface area contributed by atoms with E-state index < -0.39 is 10.9 Å². The van der Waals surface area contributed by atoms with Crippen LogP contribution in [-0.2, 0) is 0 Å². The molecule has 108 valence electrons. The van der Waals surface area contributed by atoms with E-state index in [1.165, 1.54) is 18.2 Å². The standard InChI is InChI=1S/C14H18N2O4/c1-13(2)12(14(13,3)4)15-10-7-8(16(19)20)5-6-9(10)11(17)18/h5-7,12,15H,1-4H3,(H,17,18). The van der Waals surface area contributed by atoms with Crippen molar-refractivity contribution in [3.05, 3.63) is 33.9 Å². The Balaban J connectivity index is 2.37. The molecule has 20 heavy (non-hydrogen) atoms. The highest BCUT2D eigenvalue weighted by atomic mass is 16.6. The molecule has 0 spiro atoms. The van der Waals surface area contributed by atoms with Crippen molar-refractivity contribution in [2.45, 2.75) is 33.7 Å². The van der Waals surface area contributed by atoms with Crippen molar-refractivity contribution in [3.63, 3.8) is 0 Å². The maximum Gasteiger partial charge on any atom is 0.337 e. The van der Waals surface area contributed by atoms with Gasteiger partial charge >= 0.3 is 5.97 Å². The fraction of sp³-hybridized carbons (Fsp3) is 0.500. The summed E-state index contributed by atoms with van der Waals surface area (Å²) in [6.45, 7) is 8.34. The minimum absolute atomic E-state index is 0.00734. The number of carboxylic acids is 1. The van der Waals surface area contributed by atoms with Gasteiger partial charge in [-0.1, -0.05) is 27.7 Å². The van der Waals surface area contributed by atoms with Crippen molar-refractivity contribution in [2.75, 3.05) is 5.32 Å². The number of benzene rings is 1. The highest BCUT2D eigenvalue weighted by Crippen LogP contribution is 2.63. The summed E-state index contributed by atoms with van der Waals surface area (Å²) in [5.41, 5.74) is 0.249. The average molecular weight is 278 g/mol. The van der Waals surface area contributed by atoms with Gasteiger partial charge in [0.25, 0.3) is 5.69 Å². The molecule has 0 aliphatic heterocycles. The maximum atomic E-state index is 11.2. The van der Waals surface area contributed by atoms with Crippen molar-refractivity contribution in [1.29, 1.82) is 0 Å². The molecule has 2 rings (SSSR count). The summed E-state index contributed by atoms with van der Waals surface area (Å²) in [5.74, 6) is -1.10. The van der Waals surface area contributed by atoms with Crippen molar-refractivity contribution in [1.82, 2.24) is 0 Å². The van der Waals surface area contributed by atoms with Crippen LogP contribution in [0.2, 0.25) is 0 Å². The van der Waals surface area contributed by atoms with Crippen molar-refractivity contribution in [2.24, 2.45) is 10.8 Å². The molecular formula is C14H18N2O4. The normalized spacial score (nSPS) is 19.4. The van der Waals surface area contributed by atoms with E-state index in [0.717, 1.165) is 0 Å². The molecule has 0 aromatic heterocycles. The molecule has 1 aliphatic carbocycles. The number of nitro groups is 1. The lowest BCUT2D eigenvalue weighted by atomic mass is 10.0. The zero-order valence-corrected chi connectivity index (χ0v) is 11.9. The number of nitro benzene ring substituents is 1. The second kappa shape index (κ2) is 4.19. The Hall–Kier alpha value is -2.11. The van der Waals surface area contributed by atoms with E-state index in [1.807, 2.05) is 0 Å². The molecule has 0 radical (unpaired) electrons. The number of nitrogens with zero attached hydrogens (tertiary/aromatic N) is 1. The third kappa shape index (κ3) is 2.01. The van der Waals surface area contributed by atoms with Crippen LogP contribution in [0.25, 0.3) is 0 Å². The highest BCUT2D eigenvalue weighted by molar-refractivity contribution is 5.95. The van der Waals surface area contributed by atoms with Crippen molar-refractivity contribution < 1.29 is 14.8 Å². The van der Waals surface area contributed by atoms with E-state index in [4.69, 9.17) is 0 Å². The van der Waals surface area contributed by atoms with Gasteiger partial charge in [0.1, 0.15) is 0 Å². The van der Waals surface area contributed by atoms with E-state index in [0.29, 0.717) is 5.69 Å². The number of hydrogen-bond acceptors (Lipinski definition) is 4. The quantitative estimate of drug-likeness (QED) is 0.652. The van der Waals surface area contributed by atoms with Crippen LogP contribution in [-0.4, -0.2) is 22.0 Å². The number of carbonyl (C=O) groups is 1. The van der Waals surface area contributed by atoms with Crippen LogP contribution in [0.5, 0.6) is 0 Å². The van der Waals surface area contributed by atoms with E-state index in [9.17, 15) is 20.0 Å². The summed E-state index contributed by atoms with van der Waals surface area (Å²) in [5, 5.41) is 23.2. The first-order chi connectivity index (χ1) is 9.09. The molecule has 1 fully saturated rings. The minimum atomic E-state index is -1.10. The molecule has 1 saturated carbocycles. The summed E-state index contributed by atoms with van der Waals surface area (Å²) in [4.78, 5) is 21.5. The van der Waals surface area contributed by atoms with Crippen molar-refractivity contribution >= 4 is 17.3 Å². The number of carboxylic acid groups (broad SMARTS) is 1. The molecule has 0 heterocycles. The SMILES string of the molecule is CC1(C)C(Nc2cc([N+](=O)[O-])ccc2C(=O)O)C1(C)C. The van der Waals surface area contributed by atoms with Gasteiger partial charge in [-0.2, -0.15) is 0 Å². The van der Waals surface area contributed by atoms with Crippen LogP contribution in [0.3, 0.4) is 0 Å². The molecule has 6 heteroatoms. The number of anilines is 1. The molecular weight excluding hydrogens is 260 g/mol. The molecule has 0 bridgehead atoms. The first kappa shape index (κ1) is 14.3. The summed E-state index contributed by atoms with van der Waals surface area (Å²) in [6, 6.07) is 3.84. The van der Waals surface area contributed by atoms with Gasteiger partial charge in [-0.3, -0.25) is 10.1 Å². The first-order valence-electron chi connectivity index (χ1n) is 6.37. The van der Waals surface area contributed by atoms with Crippen LogP contribution < -0.4 is 5.32 Å². The molecule has 0 amide bonds. The Labute approximate surface area is 117 Å². The van der Waals surface area contributed by atoms with Crippen LogP contribution in [0.1, 0.15) is 38.1 Å². The molecule has 2 N–H and O–H groups in total. The Morgan fingerprint density at radius 1 is 1.30 bits per heavy atom. The maximum absolute atomic E-state index is 11.2. The van der Waals surface area contributed by atoms with Gasteiger partial charge in [-0.15, -0.1) is 0 Å². The molecule has 1 aromatic rings. The van der Waals surface area contributed by atoms with Gasteiger partial charge in [-0.25, -0.2) is 4.79 Å². The minimum Gasteiger partial charge on any atom is -0.478 e. The summed E-state index contributed by atoms with van der Waals surface area (Å²) >= 11 is 0. The second-order valence-corrected chi connectivity index (χ2v) is 6.31. The lowest BCUT2D eigenvalue weighted by molar-refractivity contribution is -0.384. The third-order valence-corrected chi connectivity index (χ3v) is 4.76. The van der Waals surface area contributed by atoms with E-state index >= 15 is 0 Å². The molecule has 1 aromatic carbocycles. The summed E-state index contributed by atoms with van der Waals surface area (Å²) in [7, 11) is 0. The van der Waals surface area contributed by atoms with Gasteiger partial charge in [-0.05, 0) is 16.9 Å². The zero-order valence-electron chi connectivity index (χ0n) is 11.9. The van der Waals surface area contributed by atoms with Crippen molar-refractivity contribution in [3.8, 4) is 0 Å². The Morgan fingerprint density at radius 3 is 2.25 bits per heavy atom. The molecule has 0 atom stereocenters. The van der Waals surface area contributed by atoms with Gasteiger partial charge in [0, 0.05) is 18.2 Å². The van der Waals surface area contributed by atoms with Gasteiger partial charge < -0.3 is 10.4 Å². The molecule has 6 nitrogen and oxygen atoms in total. The van der Waals surface area contributed by atoms with E-state index in [1.54, 1.807) is 0 Å². The molecule has 0 unspecified atom stereocenters. The topological polar surface area (TPSA) is 92.5 Å². The van der Waals surface area contributed by atoms with Crippen LogP contribution >= 0.6 is 0 Å². The number of aromatic carboxylic acids is 1. The second-order valence-electron chi connectivity index (χ2n) is 6.31. The zero-order chi connectivity index (χ0) is 15.3. The number of hydrogen-bond donors (Lipinski definition) is 2. The lowest BCUT2D eigenvalue weighted by Crippen LogP contribution is -2.13. The number of nitrogens with one attached hydrogen (secondary N) is 1. The van der Waals surface area contributed by atoms with Gasteiger partial charge in [0.2, 0.25) is 0 Å². The van der Waals surface area contributed by atoms with E-state index in [-0.39, 0.29) is 28.1 Å². The largest absolute Gasteiger partial charge is 0.478 e. The fourth-order valence-corrected chi connectivity index (χ4v) is 2.66. The highest BCUT2D eigenvalue weighted by Gasteiger charge is 2.65. The Morgan fingerprint density at radius 2 is 1.85 bits per heavy atom. The summed E-state index contributed by atoms with van der Waals surface area (Å²) in [6.07, 6.45) is 0. The first-order valence-corrected chi connectivity index (χ1v) is 6.37. The van der Waals surface area contributed by atoms with E-state index in [2.05, 4.69) is 33.0 Å². The fourth-order valence-electron chi connectivity index (χ4n) is 2.66.